The van der Waals surface area contributed by atoms with E-state index < -0.39 is 5.91 Å². The Balaban J connectivity index is 0.00000137. The molecule has 0 radical (unpaired) electrons. The first kappa shape index (κ1) is 15.7. The summed E-state index contributed by atoms with van der Waals surface area (Å²) in [5, 5.41) is 9.56. The Bertz CT molecular complexity index is 413. The molecule has 0 atom stereocenters. The van der Waals surface area contributed by atoms with Crippen LogP contribution in [0.5, 0.6) is 0 Å². The van der Waals surface area contributed by atoms with Gasteiger partial charge in [-0.05, 0) is 24.3 Å². The molecule has 6 heteroatoms. The lowest BCUT2D eigenvalue weighted by Crippen LogP contribution is -2.09. The number of carbonyl (C=O) groups excluding carboxylic acids is 2. The molecule has 1 amide bonds. The van der Waals surface area contributed by atoms with Gasteiger partial charge in [-0.1, -0.05) is 0 Å². The summed E-state index contributed by atoms with van der Waals surface area (Å²) in [5.74, 6) is -0.471. The molecule has 0 saturated heterocycles. The molecule has 1 aromatic rings. The summed E-state index contributed by atoms with van der Waals surface area (Å²) in [4.78, 5) is 21.7. The molecule has 0 fully saturated rings. The average Bonchev–Trinajstić information content (AvgIpc) is 2.41. The van der Waals surface area contributed by atoms with Crippen molar-refractivity contribution in [2.45, 2.75) is 0 Å². The minimum Gasteiger partial charge on any atom is -0.493 e. The number of nitrogens with one attached hydrogen (secondary N) is 1. The summed E-state index contributed by atoms with van der Waals surface area (Å²) in [7, 11) is 2.32. The van der Waals surface area contributed by atoms with Crippen molar-refractivity contribution in [2.24, 2.45) is 0 Å². The van der Waals surface area contributed by atoms with E-state index in [2.05, 4.69) is 10.1 Å². The van der Waals surface area contributed by atoms with Gasteiger partial charge in [-0.3, -0.25) is 9.59 Å². The van der Waals surface area contributed by atoms with Gasteiger partial charge in [0.2, 0.25) is 0 Å². The SMILES string of the molecule is CO.CO/C(C=O)=C/C(=O)Nc1ccc(N)cc1. The molecule has 0 unspecified atom stereocenters. The van der Waals surface area contributed by atoms with E-state index in [4.69, 9.17) is 10.8 Å². The second-order valence-corrected chi connectivity index (χ2v) is 2.98. The molecule has 18 heavy (non-hydrogen) atoms. The third kappa shape index (κ3) is 5.66. The molecule has 6 nitrogen and oxygen atoms in total. The molecule has 98 valence electrons. The first-order chi connectivity index (χ1) is 8.65. The number of aldehydes is 1. The monoisotopic (exact) mass is 252 g/mol. The van der Waals surface area contributed by atoms with Crippen LogP contribution in [-0.2, 0) is 14.3 Å². The zero-order valence-electron chi connectivity index (χ0n) is 10.2. The van der Waals surface area contributed by atoms with Crippen molar-refractivity contribution in [3.8, 4) is 0 Å². The van der Waals surface area contributed by atoms with E-state index in [0.29, 0.717) is 17.7 Å². The lowest BCUT2D eigenvalue weighted by atomic mass is 10.3. The molecule has 0 bridgehead atoms. The molecule has 0 saturated carbocycles. The number of ether oxygens (including phenoxy) is 1. The van der Waals surface area contributed by atoms with Crippen molar-refractivity contribution < 1.29 is 19.4 Å². The van der Waals surface area contributed by atoms with Crippen LogP contribution in [0.1, 0.15) is 0 Å². The third-order valence-corrected chi connectivity index (χ3v) is 1.80. The number of amides is 1. The van der Waals surface area contributed by atoms with Crippen molar-refractivity contribution in [3.05, 3.63) is 36.1 Å². The molecule has 1 aromatic carbocycles. The van der Waals surface area contributed by atoms with Crippen molar-refractivity contribution in [2.75, 3.05) is 25.3 Å². The number of nitrogens with two attached hydrogens (primary N) is 1. The summed E-state index contributed by atoms with van der Waals surface area (Å²) in [6.45, 7) is 0. The molecular weight excluding hydrogens is 236 g/mol. The van der Waals surface area contributed by atoms with Gasteiger partial charge in [0.15, 0.2) is 12.0 Å². The third-order valence-electron chi connectivity index (χ3n) is 1.80. The topological polar surface area (TPSA) is 102 Å². The fourth-order valence-electron chi connectivity index (χ4n) is 1.02. The maximum absolute atomic E-state index is 11.4. The van der Waals surface area contributed by atoms with Crippen molar-refractivity contribution >= 4 is 23.6 Å². The molecule has 0 heterocycles. The number of aliphatic hydroxyl groups is 1. The predicted molar refractivity (Wildman–Crippen MR) is 68.8 cm³/mol. The maximum atomic E-state index is 11.4. The second-order valence-electron chi connectivity index (χ2n) is 2.98. The fourth-order valence-corrected chi connectivity index (χ4v) is 1.02. The molecular formula is C12H16N2O4. The van der Waals surface area contributed by atoms with Crippen LogP contribution in [0.2, 0.25) is 0 Å². The van der Waals surface area contributed by atoms with Crippen LogP contribution in [0.3, 0.4) is 0 Å². The highest BCUT2D eigenvalue weighted by atomic mass is 16.5. The summed E-state index contributed by atoms with van der Waals surface area (Å²) >= 11 is 0. The standard InChI is InChI=1S/C11H12N2O3.CH4O/c1-16-10(7-14)6-11(15)13-9-4-2-8(12)3-5-9;1-2/h2-7H,12H2,1H3,(H,13,15);2H,1H3/b10-6+;. The van der Waals surface area contributed by atoms with Gasteiger partial charge >= 0.3 is 0 Å². The zero-order valence-corrected chi connectivity index (χ0v) is 10.2. The van der Waals surface area contributed by atoms with Crippen molar-refractivity contribution in [3.63, 3.8) is 0 Å². The van der Waals surface area contributed by atoms with Gasteiger partial charge in [0.25, 0.3) is 5.91 Å². The Morgan fingerprint density at radius 3 is 2.33 bits per heavy atom. The molecule has 0 aliphatic rings. The lowest BCUT2D eigenvalue weighted by Gasteiger charge is -2.03. The first-order valence-corrected chi connectivity index (χ1v) is 4.98. The second kappa shape index (κ2) is 8.77. The highest BCUT2D eigenvalue weighted by molar-refractivity contribution is 6.01. The Hall–Kier alpha value is -2.34. The Labute approximate surface area is 105 Å². The van der Waals surface area contributed by atoms with Crippen LogP contribution in [0.15, 0.2) is 36.1 Å². The highest BCUT2D eigenvalue weighted by Crippen LogP contribution is 2.10. The predicted octanol–water partition coefficient (Wildman–Crippen LogP) is 0.545. The van der Waals surface area contributed by atoms with E-state index in [-0.39, 0.29) is 5.76 Å². The fraction of sp³-hybridized carbons (Fsp3) is 0.167. The number of hydrogen-bond acceptors (Lipinski definition) is 5. The van der Waals surface area contributed by atoms with Gasteiger partial charge in [-0.25, -0.2) is 0 Å². The number of allylic oxidation sites excluding steroid dienone is 1. The summed E-state index contributed by atoms with van der Waals surface area (Å²) in [6, 6.07) is 6.65. The quantitative estimate of drug-likeness (QED) is 0.314. The van der Waals surface area contributed by atoms with Crippen LogP contribution < -0.4 is 11.1 Å². The van der Waals surface area contributed by atoms with Crippen molar-refractivity contribution in [1.29, 1.82) is 0 Å². The summed E-state index contributed by atoms with van der Waals surface area (Å²) < 4.78 is 4.64. The number of carbonyl (C=O) groups is 2. The zero-order chi connectivity index (χ0) is 14.0. The Kier molecular flexibility index (Phi) is 7.63. The number of hydrogen-bond donors (Lipinski definition) is 3. The number of aliphatic hydroxyl groups excluding tert-OH is 1. The van der Waals surface area contributed by atoms with Crippen LogP contribution >= 0.6 is 0 Å². The molecule has 0 aliphatic heterocycles. The largest absolute Gasteiger partial charge is 0.493 e. The summed E-state index contributed by atoms with van der Waals surface area (Å²) in [5.41, 5.74) is 6.69. The smallest absolute Gasteiger partial charge is 0.252 e. The average molecular weight is 252 g/mol. The molecule has 4 N–H and O–H groups in total. The van der Waals surface area contributed by atoms with Crippen LogP contribution in [0.25, 0.3) is 0 Å². The summed E-state index contributed by atoms with van der Waals surface area (Å²) in [6.07, 6.45) is 1.53. The highest BCUT2D eigenvalue weighted by Gasteiger charge is 2.01. The van der Waals surface area contributed by atoms with Gasteiger partial charge in [0.1, 0.15) is 0 Å². The Morgan fingerprint density at radius 2 is 1.89 bits per heavy atom. The van der Waals surface area contributed by atoms with Gasteiger partial charge in [0.05, 0.1) is 7.11 Å². The van der Waals surface area contributed by atoms with E-state index in [1.807, 2.05) is 0 Å². The number of benzene rings is 1. The molecule has 1 rings (SSSR count). The molecule has 0 aliphatic carbocycles. The van der Waals surface area contributed by atoms with Crippen LogP contribution in [-0.4, -0.2) is 31.5 Å². The van der Waals surface area contributed by atoms with Gasteiger partial charge < -0.3 is 20.9 Å². The maximum Gasteiger partial charge on any atom is 0.252 e. The van der Waals surface area contributed by atoms with E-state index in [9.17, 15) is 9.59 Å². The van der Waals surface area contributed by atoms with Gasteiger partial charge in [0, 0.05) is 24.6 Å². The van der Waals surface area contributed by atoms with Gasteiger partial charge in [-0.2, -0.15) is 0 Å². The van der Waals surface area contributed by atoms with Gasteiger partial charge in [-0.15, -0.1) is 0 Å². The first-order valence-electron chi connectivity index (χ1n) is 4.98. The number of anilines is 2. The minimum atomic E-state index is -0.436. The Morgan fingerprint density at radius 1 is 1.33 bits per heavy atom. The van der Waals surface area contributed by atoms with E-state index in [0.717, 1.165) is 13.2 Å². The van der Waals surface area contributed by atoms with Crippen molar-refractivity contribution in [1.82, 2.24) is 0 Å². The van der Waals surface area contributed by atoms with E-state index in [1.54, 1.807) is 24.3 Å². The lowest BCUT2D eigenvalue weighted by molar-refractivity contribution is -0.113. The van der Waals surface area contributed by atoms with Crippen LogP contribution in [0, 0.1) is 0 Å². The minimum absolute atomic E-state index is 0.0343. The molecule has 0 spiro atoms. The number of nitrogen functional groups attached to an aromatic ring is 1. The van der Waals surface area contributed by atoms with E-state index in [1.165, 1.54) is 7.11 Å². The van der Waals surface area contributed by atoms with Crippen LogP contribution in [0.4, 0.5) is 11.4 Å². The number of methoxy groups -OCH3 is 1. The normalized spacial score (nSPS) is 9.83. The number of rotatable bonds is 4. The molecule has 0 aromatic heterocycles. The van der Waals surface area contributed by atoms with E-state index >= 15 is 0 Å².